The minimum Gasteiger partial charge on any atom is -0.205 e. The van der Waals surface area contributed by atoms with Gasteiger partial charge in [-0.15, -0.1) is 0 Å². The smallest absolute Gasteiger partial charge is 0.205 e. The van der Waals surface area contributed by atoms with Crippen molar-refractivity contribution in [3.8, 4) is 0 Å². The fourth-order valence-corrected chi connectivity index (χ4v) is 2.24. The molecule has 9 heavy (non-hydrogen) atoms. The fraction of sp³-hybridized carbons (Fsp3) is 0.571. The average molecular weight is 140 g/mol. The van der Waals surface area contributed by atoms with Crippen molar-refractivity contribution in [2.45, 2.75) is 25.7 Å². The number of nitrogens with one attached hydrogen (secondary N) is 1. The van der Waals surface area contributed by atoms with E-state index in [-0.39, 0.29) is 0 Å². The van der Waals surface area contributed by atoms with E-state index in [2.05, 4.69) is 10.5 Å². The highest BCUT2D eigenvalue weighted by Crippen LogP contribution is 2.20. The molecule has 2 rings (SSSR count). The van der Waals surface area contributed by atoms with E-state index in [0.717, 1.165) is 0 Å². The third-order valence-electron chi connectivity index (χ3n) is 1.85. The van der Waals surface area contributed by atoms with Crippen LogP contribution in [0.4, 0.5) is 0 Å². The first-order valence-electron chi connectivity index (χ1n) is 3.44. The fourth-order valence-electron chi connectivity index (χ4n) is 1.33. The lowest BCUT2D eigenvalue weighted by Crippen LogP contribution is -2.10. The van der Waals surface area contributed by atoms with Gasteiger partial charge in [-0.3, -0.25) is 0 Å². The van der Waals surface area contributed by atoms with Crippen LogP contribution in [0.2, 0.25) is 0 Å². The topological polar surface area (TPSA) is 14.1 Å². The largest absolute Gasteiger partial charge is 0.223 e. The Bertz CT molecular complexity index is 184. The average Bonchev–Trinajstić information content (AvgIpc) is 2.33. The molecule has 0 saturated carbocycles. The molecular weight excluding hydrogens is 130 g/mol. The first kappa shape index (κ1) is 5.42. The van der Waals surface area contributed by atoms with E-state index in [1.165, 1.54) is 31.4 Å². The van der Waals surface area contributed by atoms with Crippen LogP contribution in [0.1, 0.15) is 23.4 Å². The van der Waals surface area contributed by atoms with Crippen molar-refractivity contribution in [2.75, 3.05) is 0 Å². The molecule has 1 aliphatic carbocycles. The van der Waals surface area contributed by atoms with Gasteiger partial charge in [-0.05, 0) is 19.3 Å². The molecule has 0 spiro atoms. The van der Waals surface area contributed by atoms with E-state index in [9.17, 15) is 0 Å². The van der Waals surface area contributed by atoms with Crippen molar-refractivity contribution in [3.05, 3.63) is 16.1 Å². The van der Waals surface area contributed by atoms with Crippen molar-refractivity contribution >= 4 is 11.3 Å². The van der Waals surface area contributed by atoms with Crippen LogP contribution in [0.25, 0.3) is 0 Å². The molecule has 1 aliphatic rings. The first-order chi connectivity index (χ1) is 4.47. The maximum absolute atomic E-state index is 3.28. The van der Waals surface area contributed by atoms with Crippen LogP contribution in [0, 0.1) is 0 Å². The molecular formula is C7H10NS+. The van der Waals surface area contributed by atoms with Crippen molar-refractivity contribution in [1.29, 1.82) is 0 Å². The number of aromatic amines is 1. The number of hydrogen-bond donors (Lipinski definition) is 0. The molecule has 1 heterocycles. The van der Waals surface area contributed by atoms with Crippen molar-refractivity contribution in [1.82, 2.24) is 0 Å². The Morgan fingerprint density at radius 3 is 3.11 bits per heavy atom. The molecule has 0 aliphatic heterocycles. The third-order valence-corrected chi connectivity index (χ3v) is 2.82. The van der Waals surface area contributed by atoms with Gasteiger partial charge >= 0.3 is 0 Å². The predicted octanol–water partition coefficient (Wildman–Crippen LogP) is 1.44. The Balaban J connectivity index is 2.39. The second-order valence-electron chi connectivity index (χ2n) is 2.49. The molecule has 0 aromatic carbocycles. The lowest BCUT2D eigenvalue weighted by molar-refractivity contribution is -0.384. The molecule has 2 heteroatoms. The number of fused-ring (bicyclic) bond motifs is 1. The molecule has 0 unspecified atom stereocenters. The molecule has 1 aromatic rings. The normalized spacial score (nSPS) is 17.3. The number of rotatable bonds is 0. The Hall–Kier alpha value is -0.370. The van der Waals surface area contributed by atoms with Crippen LogP contribution in [0.15, 0.2) is 5.51 Å². The number of thiazole rings is 1. The molecule has 48 valence electrons. The molecule has 1 nitrogen and oxygen atoms in total. The van der Waals surface area contributed by atoms with E-state index in [0.29, 0.717) is 0 Å². The predicted molar refractivity (Wildman–Crippen MR) is 37.5 cm³/mol. The summed E-state index contributed by atoms with van der Waals surface area (Å²) >= 11 is 1.87. The van der Waals surface area contributed by atoms with Crippen molar-refractivity contribution < 1.29 is 4.98 Å². The number of hydrogen-bond acceptors (Lipinski definition) is 1. The number of aryl methyl sites for hydroxylation is 2. The molecule has 0 atom stereocenters. The Morgan fingerprint density at radius 1 is 1.33 bits per heavy atom. The quantitative estimate of drug-likeness (QED) is 0.518. The van der Waals surface area contributed by atoms with E-state index in [1.807, 2.05) is 11.3 Å². The summed E-state index contributed by atoms with van der Waals surface area (Å²) in [5.74, 6) is 0. The van der Waals surface area contributed by atoms with Crippen LogP contribution in [-0.4, -0.2) is 0 Å². The van der Waals surface area contributed by atoms with Gasteiger partial charge in [0.2, 0.25) is 5.51 Å². The SMILES string of the molecule is c1[nH+]c2c(s1)CCCC2. The molecule has 0 amide bonds. The highest BCUT2D eigenvalue weighted by molar-refractivity contribution is 7.09. The summed E-state index contributed by atoms with van der Waals surface area (Å²) in [5.41, 5.74) is 3.59. The maximum Gasteiger partial charge on any atom is 0.223 e. The second-order valence-corrected chi connectivity index (χ2v) is 3.45. The van der Waals surface area contributed by atoms with Crippen LogP contribution < -0.4 is 4.98 Å². The summed E-state index contributed by atoms with van der Waals surface area (Å²) in [6.07, 6.45) is 5.35. The van der Waals surface area contributed by atoms with Gasteiger partial charge < -0.3 is 0 Å². The summed E-state index contributed by atoms with van der Waals surface area (Å²) < 4.78 is 0. The lowest BCUT2D eigenvalue weighted by Gasteiger charge is -2.02. The van der Waals surface area contributed by atoms with Gasteiger partial charge in [0.1, 0.15) is 0 Å². The van der Waals surface area contributed by atoms with Gasteiger partial charge in [-0.1, -0.05) is 11.3 Å². The monoisotopic (exact) mass is 140 g/mol. The van der Waals surface area contributed by atoms with E-state index in [1.54, 1.807) is 4.88 Å². The summed E-state index contributed by atoms with van der Waals surface area (Å²) in [5, 5.41) is 0. The zero-order valence-corrected chi connectivity index (χ0v) is 6.13. The molecule has 0 bridgehead atoms. The van der Waals surface area contributed by atoms with E-state index in [4.69, 9.17) is 0 Å². The molecule has 1 N–H and O–H groups in total. The van der Waals surface area contributed by atoms with Gasteiger partial charge in [0.05, 0.1) is 4.88 Å². The highest BCUT2D eigenvalue weighted by atomic mass is 32.1. The van der Waals surface area contributed by atoms with Crippen LogP contribution in [0.3, 0.4) is 0 Å². The van der Waals surface area contributed by atoms with Crippen LogP contribution in [0.5, 0.6) is 0 Å². The number of aromatic nitrogens is 1. The number of H-pyrrole nitrogens is 1. The summed E-state index contributed by atoms with van der Waals surface area (Å²) in [7, 11) is 0. The summed E-state index contributed by atoms with van der Waals surface area (Å²) in [6, 6.07) is 0. The Kier molecular flexibility index (Phi) is 1.27. The highest BCUT2D eigenvalue weighted by Gasteiger charge is 2.15. The van der Waals surface area contributed by atoms with Gasteiger partial charge in [0, 0.05) is 6.42 Å². The van der Waals surface area contributed by atoms with Gasteiger partial charge in [-0.2, -0.15) is 0 Å². The minimum absolute atomic E-state index is 1.28. The minimum atomic E-state index is 1.28. The van der Waals surface area contributed by atoms with Crippen molar-refractivity contribution in [3.63, 3.8) is 0 Å². The Morgan fingerprint density at radius 2 is 2.22 bits per heavy atom. The summed E-state index contributed by atoms with van der Waals surface area (Å²) in [6.45, 7) is 0. The second kappa shape index (κ2) is 2.10. The molecule has 0 saturated heterocycles. The maximum atomic E-state index is 3.28. The van der Waals surface area contributed by atoms with Crippen LogP contribution >= 0.6 is 11.3 Å². The van der Waals surface area contributed by atoms with Crippen LogP contribution in [-0.2, 0) is 12.8 Å². The first-order valence-corrected chi connectivity index (χ1v) is 4.32. The van der Waals surface area contributed by atoms with Gasteiger partial charge in [0.15, 0.2) is 5.69 Å². The van der Waals surface area contributed by atoms with Gasteiger partial charge in [-0.25, -0.2) is 4.98 Å². The standard InChI is InChI=1S/C7H9NS/c1-2-4-7-6(3-1)8-5-9-7/h5H,1-4H2/p+1. The molecule has 1 aromatic heterocycles. The van der Waals surface area contributed by atoms with Crippen molar-refractivity contribution in [2.24, 2.45) is 0 Å². The molecule has 0 radical (unpaired) electrons. The molecule has 0 fully saturated rings. The summed E-state index contributed by atoms with van der Waals surface area (Å²) in [4.78, 5) is 4.86. The third kappa shape index (κ3) is 0.874. The Labute approximate surface area is 58.7 Å². The zero-order chi connectivity index (χ0) is 6.10. The lowest BCUT2D eigenvalue weighted by atomic mass is 10.0. The van der Waals surface area contributed by atoms with E-state index < -0.39 is 0 Å². The zero-order valence-electron chi connectivity index (χ0n) is 5.31. The van der Waals surface area contributed by atoms with Gasteiger partial charge in [0.25, 0.3) is 0 Å². The van der Waals surface area contributed by atoms with E-state index >= 15 is 0 Å².